The molecule has 0 aliphatic rings. The molecule has 0 spiro atoms. The SMILES string of the molecule is COc1ccc(C(=O)CC(NCc2cccnc2)C(=O)O)cc1. The highest BCUT2D eigenvalue weighted by molar-refractivity contribution is 5.98. The van der Waals surface area contributed by atoms with Crippen LogP contribution in [-0.4, -0.2) is 35.0 Å². The van der Waals surface area contributed by atoms with Crippen molar-refractivity contribution < 1.29 is 19.4 Å². The average Bonchev–Trinajstić information content (AvgIpc) is 2.59. The number of carbonyl (C=O) groups is 2. The fraction of sp³-hybridized carbons (Fsp3) is 0.235. The number of Topliss-reactive ketones (excluding diaryl/α,β-unsaturated/α-hetero) is 1. The van der Waals surface area contributed by atoms with Gasteiger partial charge in [-0.1, -0.05) is 6.07 Å². The van der Waals surface area contributed by atoms with Crippen molar-refractivity contribution in [3.63, 3.8) is 0 Å². The Morgan fingerprint density at radius 3 is 2.57 bits per heavy atom. The number of hydrogen-bond donors (Lipinski definition) is 2. The van der Waals surface area contributed by atoms with E-state index in [1.807, 2.05) is 6.07 Å². The number of carbonyl (C=O) groups excluding carboxylic acids is 1. The van der Waals surface area contributed by atoms with E-state index in [9.17, 15) is 14.7 Å². The van der Waals surface area contributed by atoms with Crippen LogP contribution in [0, 0.1) is 0 Å². The van der Waals surface area contributed by atoms with Crippen LogP contribution >= 0.6 is 0 Å². The number of aliphatic carboxylic acids is 1. The first-order chi connectivity index (χ1) is 11.1. The molecule has 0 bridgehead atoms. The van der Waals surface area contributed by atoms with E-state index < -0.39 is 12.0 Å². The van der Waals surface area contributed by atoms with Crippen molar-refractivity contribution in [3.05, 3.63) is 59.9 Å². The molecule has 0 saturated carbocycles. The number of carboxylic acids is 1. The fourth-order valence-corrected chi connectivity index (χ4v) is 2.07. The van der Waals surface area contributed by atoms with Gasteiger partial charge in [0.05, 0.1) is 7.11 Å². The van der Waals surface area contributed by atoms with Crippen LogP contribution in [0.25, 0.3) is 0 Å². The first-order valence-corrected chi connectivity index (χ1v) is 7.12. The van der Waals surface area contributed by atoms with Crippen LogP contribution in [0.15, 0.2) is 48.8 Å². The Morgan fingerprint density at radius 2 is 2.00 bits per heavy atom. The summed E-state index contributed by atoms with van der Waals surface area (Å²) in [5.74, 6) is -0.652. The third-order valence-corrected chi connectivity index (χ3v) is 3.37. The van der Waals surface area contributed by atoms with E-state index in [2.05, 4.69) is 10.3 Å². The van der Waals surface area contributed by atoms with E-state index >= 15 is 0 Å². The summed E-state index contributed by atoms with van der Waals surface area (Å²) in [6.07, 6.45) is 3.17. The molecule has 2 N–H and O–H groups in total. The summed E-state index contributed by atoms with van der Waals surface area (Å²) in [6.45, 7) is 0.334. The molecule has 120 valence electrons. The summed E-state index contributed by atoms with van der Waals surface area (Å²) in [5.41, 5.74) is 1.32. The van der Waals surface area contributed by atoms with Gasteiger partial charge in [-0.15, -0.1) is 0 Å². The summed E-state index contributed by atoms with van der Waals surface area (Å²) in [7, 11) is 1.54. The van der Waals surface area contributed by atoms with E-state index in [1.165, 1.54) is 0 Å². The number of methoxy groups -OCH3 is 1. The predicted octanol–water partition coefficient (Wildman–Crippen LogP) is 1.91. The van der Waals surface area contributed by atoms with Crippen molar-refractivity contribution in [2.45, 2.75) is 19.0 Å². The number of nitrogens with one attached hydrogen (secondary N) is 1. The molecule has 0 saturated heterocycles. The number of ether oxygens (including phenoxy) is 1. The van der Waals surface area contributed by atoms with Gasteiger partial charge in [-0.2, -0.15) is 0 Å². The topological polar surface area (TPSA) is 88.5 Å². The Kier molecular flexibility index (Phi) is 5.82. The molecule has 6 heteroatoms. The van der Waals surface area contributed by atoms with Gasteiger partial charge in [-0.25, -0.2) is 0 Å². The lowest BCUT2D eigenvalue weighted by Crippen LogP contribution is -2.38. The van der Waals surface area contributed by atoms with Crippen molar-refractivity contribution in [1.29, 1.82) is 0 Å². The minimum Gasteiger partial charge on any atom is -0.497 e. The molecular formula is C17H18N2O4. The number of nitrogens with zero attached hydrogens (tertiary/aromatic N) is 1. The van der Waals surface area contributed by atoms with Gasteiger partial charge in [0.25, 0.3) is 0 Å². The minimum absolute atomic E-state index is 0.123. The molecule has 1 unspecified atom stereocenters. The second-order valence-electron chi connectivity index (χ2n) is 4.99. The fourth-order valence-electron chi connectivity index (χ4n) is 2.07. The standard InChI is InChI=1S/C17H18N2O4/c1-23-14-6-4-13(5-7-14)16(20)9-15(17(21)22)19-11-12-3-2-8-18-10-12/h2-8,10,15,19H,9,11H2,1H3,(H,21,22). The lowest BCUT2D eigenvalue weighted by atomic mass is 10.0. The van der Waals surface area contributed by atoms with E-state index in [-0.39, 0.29) is 12.2 Å². The highest BCUT2D eigenvalue weighted by Gasteiger charge is 2.21. The zero-order valence-electron chi connectivity index (χ0n) is 12.7. The summed E-state index contributed by atoms with van der Waals surface area (Å²) in [6, 6.07) is 9.25. The molecule has 0 amide bonds. The van der Waals surface area contributed by atoms with Crippen LogP contribution in [0.1, 0.15) is 22.3 Å². The maximum Gasteiger partial charge on any atom is 0.321 e. The van der Waals surface area contributed by atoms with Gasteiger partial charge >= 0.3 is 5.97 Å². The Hall–Kier alpha value is -2.73. The van der Waals surface area contributed by atoms with Crippen molar-refractivity contribution in [1.82, 2.24) is 10.3 Å². The Labute approximate surface area is 134 Å². The molecule has 1 atom stereocenters. The zero-order valence-corrected chi connectivity index (χ0v) is 12.7. The van der Waals surface area contributed by atoms with Crippen LogP contribution < -0.4 is 10.1 Å². The van der Waals surface area contributed by atoms with Crippen molar-refractivity contribution in [3.8, 4) is 5.75 Å². The van der Waals surface area contributed by atoms with E-state index in [0.717, 1.165) is 5.56 Å². The number of pyridine rings is 1. The monoisotopic (exact) mass is 314 g/mol. The minimum atomic E-state index is -1.06. The Morgan fingerprint density at radius 1 is 1.26 bits per heavy atom. The molecule has 2 rings (SSSR count). The number of rotatable bonds is 8. The third kappa shape index (κ3) is 4.89. The molecule has 6 nitrogen and oxygen atoms in total. The van der Waals surface area contributed by atoms with E-state index in [4.69, 9.17) is 4.74 Å². The lowest BCUT2D eigenvalue weighted by Gasteiger charge is -2.14. The van der Waals surface area contributed by atoms with E-state index in [0.29, 0.717) is 17.9 Å². The zero-order chi connectivity index (χ0) is 16.7. The molecule has 0 aliphatic heterocycles. The van der Waals surface area contributed by atoms with Crippen LogP contribution in [-0.2, 0) is 11.3 Å². The molecule has 0 aliphatic carbocycles. The van der Waals surface area contributed by atoms with Crippen LogP contribution in [0.2, 0.25) is 0 Å². The maximum absolute atomic E-state index is 12.2. The predicted molar refractivity (Wildman–Crippen MR) is 84.4 cm³/mol. The molecule has 1 aromatic heterocycles. The van der Waals surface area contributed by atoms with Crippen molar-refractivity contribution in [2.24, 2.45) is 0 Å². The molecule has 23 heavy (non-hydrogen) atoms. The summed E-state index contributed by atoms with van der Waals surface area (Å²) < 4.78 is 5.03. The van der Waals surface area contributed by atoms with Crippen LogP contribution in [0.3, 0.4) is 0 Å². The first-order valence-electron chi connectivity index (χ1n) is 7.12. The Bertz CT molecular complexity index is 656. The molecule has 1 aromatic carbocycles. The van der Waals surface area contributed by atoms with Gasteiger partial charge in [0.1, 0.15) is 11.8 Å². The highest BCUT2D eigenvalue weighted by Crippen LogP contribution is 2.13. The van der Waals surface area contributed by atoms with Gasteiger partial charge < -0.3 is 9.84 Å². The Balaban J connectivity index is 1.97. The third-order valence-electron chi connectivity index (χ3n) is 3.37. The molecular weight excluding hydrogens is 296 g/mol. The van der Waals surface area contributed by atoms with Gasteiger partial charge in [0.15, 0.2) is 5.78 Å². The van der Waals surface area contributed by atoms with Gasteiger partial charge in [-0.3, -0.25) is 19.9 Å². The molecule has 2 aromatic rings. The smallest absolute Gasteiger partial charge is 0.321 e. The average molecular weight is 314 g/mol. The van der Waals surface area contributed by atoms with Crippen molar-refractivity contribution in [2.75, 3.05) is 7.11 Å². The largest absolute Gasteiger partial charge is 0.497 e. The number of aromatic nitrogens is 1. The summed E-state index contributed by atoms with van der Waals surface area (Å²) >= 11 is 0. The second kappa shape index (κ2) is 8.05. The second-order valence-corrected chi connectivity index (χ2v) is 4.99. The molecule has 0 fully saturated rings. The number of carboxylic acid groups (broad SMARTS) is 1. The lowest BCUT2D eigenvalue weighted by molar-refractivity contribution is -0.139. The number of ketones is 1. The van der Waals surface area contributed by atoms with Crippen LogP contribution in [0.5, 0.6) is 5.75 Å². The number of hydrogen-bond acceptors (Lipinski definition) is 5. The molecule has 0 radical (unpaired) electrons. The quantitative estimate of drug-likeness (QED) is 0.724. The first kappa shape index (κ1) is 16.6. The molecule has 1 heterocycles. The number of benzene rings is 1. The summed E-state index contributed by atoms with van der Waals surface area (Å²) in [5, 5.41) is 12.2. The maximum atomic E-state index is 12.2. The van der Waals surface area contributed by atoms with Gasteiger partial charge in [0.2, 0.25) is 0 Å². The van der Waals surface area contributed by atoms with Gasteiger partial charge in [0, 0.05) is 30.9 Å². The van der Waals surface area contributed by atoms with Crippen LogP contribution in [0.4, 0.5) is 0 Å². The normalized spacial score (nSPS) is 11.7. The summed E-state index contributed by atoms with van der Waals surface area (Å²) in [4.78, 5) is 27.5. The van der Waals surface area contributed by atoms with Gasteiger partial charge in [-0.05, 0) is 35.9 Å². The highest BCUT2D eigenvalue weighted by atomic mass is 16.5. The van der Waals surface area contributed by atoms with E-state index in [1.54, 1.807) is 49.8 Å². The van der Waals surface area contributed by atoms with Crippen molar-refractivity contribution >= 4 is 11.8 Å².